The first-order chi connectivity index (χ1) is 8.58. The van der Waals surface area contributed by atoms with Crippen LogP contribution in [0.1, 0.15) is 0 Å². The van der Waals surface area contributed by atoms with Crippen molar-refractivity contribution >= 4 is 28.3 Å². The summed E-state index contributed by atoms with van der Waals surface area (Å²) < 4.78 is 3.81. The fraction of sp³-hybridized carbons (Fsp3) is 0.154. The van der Waals surface area contributed by atoms with E-state index in [4.69, 9.17) is 17.3 Å². The van der Waals surface area contributed by atoms with Gasteiger partial charge in [0.15, 0.2) is 0 Å². The lowest BCUT2D eigenvalue weighted by molar-refractivity contribution is 0.780. The zero-order valence-corrected chi connectivity index (χ0v) is 10.9. The van der Waals surface area contributed by atoms with E-state index in [9.17, 15) is 0 Å². The fourth-order valence-corrected chi connectivity index (χ4v) is 2.67. The molecular formula is C13H13ClN4. The molecule has 92 valence electrons. The quantitative estimate of drug-likeness (QED) is 0.731. The van der Waals surface area contributed by atoms with Gasteiger partial charge in [-0.15, -0.1) is 0 Å². The molecule has 0 unspecified atom stereocenters. The molecule has 2 N–H and O–H groups in total. The minimum absolute atomic E-state index is 0.520. The van der Waals surface area contributed by atoms with Gasteiger partial charge in [-0.3, -0.25) is 4.68 Å². The highest BCUT2D eigenvalue weighted by Gasteiger charge is 2.14. The molecule has 0 aliphatic carbocycles. The van der Waals surface area contributed by atoms with Crippen LogP contribution in [-0.4, -0.2) is 14.3 Å². The van der Waals surface area contributed by atoms with Gasteiger partial charge in [-0.05, 0) is 6.07 Å². The molecule has 0 fully saturated rings. The summed E-state index contributed by atoms with van der Waals surface area (Å²) >= 11 is 6.24. The summed E-state index contributed by atoms with van der Waals surface area (Å²) in [7, 11) is 3.87. The van der Waals surface area contributed by atoms with Gasteiger partial charge in [0.1, 0.15) is 5.82 Å². The van der Waals surface area contributed by atoms with Crippen molar-refractivity contribution in [1.82, 2.24) is 14.3 Å². The van der Waals surface area contributed by atoms with Crippen molar-refractivity contribution in [3.8, 4) is 11.3 Å². The van der Waals surface area contributed by atoms with Crippen molar-refractivity contribution in [2.45, 2.75) is 0 Å². The van der Waals surface area contributed by atoms with Gasteiger partial charge >= 0.3 is 0 Å². The summed E-state index contributed by atoms with van der Waals surface area (Å²) in [6.45, 7) is 0. The maximum atomic E-state index is 6.24. The van der Waals surface area contributed by atoms with Crippen molar-refractivity contribution in [2.75, 3.05) is 5.73 Å². The Kier molecular flexibility index (Phi) is 2.35. The maximum absolute atomic E-state index is 6.24. The number of anilines is 1. The third-order valence-electron chi connectivity index (χ3n) is 3.13. The first-order valence-corrected chi connectivity index (χ1v) is 5.99. The standard InChI is InChI=1S/C13H13ClN4/c1-17-7-9(11-6-12(15)16-18(11)2)8-4-3-5-10(14)13(8)17/h3-7H,1-2H3,(H2,15,16). The highest BCUT2D eigenvalue weighted by atomic mass is 35.5. The molecule has 5 heteroatoms. The average molecular weight is 261 g/mol. The molecule has 0 aliphatic rings. The summed E-state index contributed by atoms with van der Waals surface area (Å²) in [5.74, 6) is 0.520. The highest BCUT2D eigenvalue weighted by Crippen LogP contribution is 2.34. The van der Waals surface area contributed by atoms with Crippen LogP contribution in [0.15, 0.2) is 30.5 Å². The summed E-state index contributed by atoms with van der Waals surface area (Å²) in [6, 6.07) is 7.77. The van der Waals surface area contributed by atoms with Gasteiger partial charge < -0.3 is 10.3 Å². The molecule has 2 aromatic heterocycles. The molecule has 0 aliphatic heterocycles. The average Bonchev–Trinajstić information content (AvgIpc) is 2.80. The number of halogens is 1. The van der Waals surface area contributed by atoms with Crippen LogP contribution >= 0.6 is 11.6 Å². The predicted octanol–water partition coefficient (Wildman–Crippen LogP) is 2.81. The Morgan fingerprint density at radius 1 is 1.28 bits per heavy atom. The molecule has 3 aromatic rings. The minimum atomic E-state index is 0.520. The fourth-order valence-electron chi connectivity index (χ4n) is 2.36. The number of para-hydroxylation sites is 1. The van der Waals surface area contributed by atoms with Crippen LogP contribution in [0.5, 0.6) is 0 Å². The van der Waals surface area contributed by atoms with Gasteiger partial charge in [0.05, 0.1) is 16.2 Å². The maximum Gasteiger partial charge on any atom is 0.146 e. The van der Waals surface area contributed by atoms with Crippen LogP contribution in [0, 0.1) is 0 Å². The third kappa shape index (κ3) is 1.49. The van der Waals surface area contributed by atoms with Crippen molar-refractivity contribution in [3.05, 3.63) is 35.5 Å². The number of nitrogens with two attached hydrogens (primary N) is 1. The van der Waals surface area contributed by atoms with Gasteiger partial charge in [-0.2, -0.15) is 5.10 Å². The van der Waals surface area contributed by atoms with Crippen LogP contribution in [0.25, 0.3) is 22.2 Å². The number of aryl methyl sites for hydroxylation is 2. The van der Waals surface area contributed by atoms with E-state index in [0.717, 1.165) is 27.2 Å². The van der Waals surface area contributed by atoms with E-state index in [0.29, 0.717) is 5.82 Å². The van der Waals surface area contributed by atoms with Crippen LogP contribution in [0.3, 0.4) is 0 Å². The number of hydrogen-bond acceptors (Lipinski definition) is 2. The SMILES string of the molecule is Cn1nc(N)cc1-c1cn(C)c2c(Cl)cccc12. The Morgan fingerprint density at radius 3 is 2.72 bits per heavy atom. The number of nitrogen functional groups attached to an aromatic ring is 1. The van der Waals surface area contributed by atoms with Crippen molar-refractivity contribution in [1.29, 1.82) is 0 Å². The van der Waals surface area contributed by atoms with E-state index >= 15 is 0 Å². The van der Waals surface area contributed by atoms with E-state index in [1.807, 2.05) is 43.1 Å². The second-order valence-electron chi connectivity index (χ2n) is 4.37. The topological polar surface area (TPSA) is 48.8 Å². The highest BCUT2D eigenvalue weighted by molar-refractivity contribution is 6.35. The Hall–Kier alpha value is -1.94. The Balaban J connectivity index is 2.37. The molecule has 2 heterocycles. The van der Waals surface area contributed by atoms with Gasteiger partial charge in [0.2, 0.25) is 0 Å². The number of rotatable bonds is 1. The molecular weight excluding hydrogens is 248 g/mol. The second kappa shape index (κ2) is 3.78. The van der Waals surface area contributed by atoms with E-state index < -0.39 is 0 Å². The van der Waals surface area contributed by atoms with Gasteiger partial charge in [-0.25, -0.2) is 0 Å². The smallest absolute Gasteiger partial charge is 0.146 e. The Bertz CT molecular complexity index is 739. The minimum Gasteiger partial charge on any atom is -0.382 e. The van der Waals surface area contributed by atoms with Crippen molar-refractivity contribution < 1.29 is 0 Å². The molecule has 0 amide bonds. The number of aromatic nitrogens is 3. The molecule has 18 heavy (non-hydrogen) atoms. The van der Waals surface area contributed by atoms with E-state index in [2.05, 4.69) is 11.2 Å². The largest absolute Gasteiger partial charge is 0.382 e. The van der Waals surface area contributed by atoms with E-state index in [1.165, 1.54) is 0 Å². The predicted molar refractivity (Wildman–Crippen MR) is 74.5 cm³/mol. The number of benzene rings is 1. The molecule has 0 radical (unpaired) electrons. The summed E-state index contributed by atoms with van der Waals surface area (Å²) in [4.78, 5) is 0. The Morgan fingerprint density at radius 2 is 2.06 bits per heavy atom. The zero-order chi connectivity index (χ0) is 12.9. The van der Waals surface area contributed by atoms with Crippen LogP contribution in [0.4, 0.5) is 5.82 Å². The van der Waals surface area contributed by atoms with Crippen molar-refractivity contribution in [2.24, 2.45) is 14.1 Å². The monoisotopic (exact) mass is 260 g/mol. The van der Waals surface area contributed by atoms with Gasteiger partial charge in [0, 0.05) is 37.3 Å². The molecule has 0 saturated carbocycles. The van der Waals surface area contributed by atoms with Crippen molar-refractivity contribution in [3.63, 3.8) is 0 Å². The lowest BCUT2D eigenvalue weighted by atomic mass is 10.1. The van der Waals surface area contributed by atoms with Crippen LogP contribution in [0.2, 0.25) is 5.02 Å². The Labute approximate surface area is 110 Å². The lowest BCUT2D eigenvalue weighted by Gasteiger charge is -2.00. The molecule has 1 aromatic carbocycles. The number of hydrogen-bond donors (Lipinski definition) is 1. The molecule has 4 nitrogen and oxygen atoms in total. The molecule has 3 rings (SSSR count). The van der Waals surface area contributed by atoms with E-state index in [-0.39, 0.29) is 0 Å². The summed E-state index contributed by atoms with van der Waals surface area (Å²) in [6.07, 6.45) is 2.05. The number of fused-ring (bicyclic) bond motifs is 1. The molecule has 0 saturated heterocycles. The first-order valence-electron chi connectivity index (χ1n) is 5.61. The summed E-state index contributed by atoms with van der Waals surface area (Å²) in [5, 5.41) is 6.03. The van der Waals surface area contributed by atoms with E-state index in [1.54, 1.807) is 4.68 Å². The van der Waals surface area contributed by atoms with Crippen LogP contribution < -0.4 is 5.73 Å². The second-order valence-corrected chi connectivity index (χ2v) is 4.77. The lowest BCUT2D eigenvalue weighted by Crippen LogP contribution is -1.94. The summed E-state index contributed by atoms with van der Waals surface area (Å²) in [5.41, 5.74) is 8.83. The van der Waals surface area contributed by atoms with Gasteiger partial charge in [0.25, 0.3) is 0 Å². The van der Waals surface area contributed by atoms with Crippen LogP contribution in [-0.2, 0) is 14.1 Å². The molecule has 0 bridgehead atoms. The molecule has 0 spiro atoms. The van der Waals surface area contributed by atoms with Gasteiger partial charge in [-0.1, -0.05) is 23.7 Å². The first kappa shape index (κ1) is 11.2. The number of nitrogens with zero attached hydrogens (tertiary/aromatic N) is 3. The molecule has 0 atom stereocenters. The third-order valence-corrected chi connectivity index (χ3v) is 3.43. The normalized spacial score (nSPS) is 11.3. The zero-order valence-electron chi connectivity index (χ0n) is 10.2.